The van der Waals surface area contributed by atoms with E-state index in [1.807, 2.05) is 25.3 Å². The van der Waals surface area contributed by atoms with E-state index in [1.54, 1.807) is 23.5 Å². The van der Waals surface area contributed by atoms with Crippen LogP contribution in [0.2, 0.25) is 0 Å². The number of benzene rings is 1. The Balaban J connectivity index is 1.86. The summed E-state index contributed by atoms with van der Waals surface area (Å²) in [6, 6.07) is 7.33. The van der Waals surface area contributed by atoms with Crippen LogP contribution in [-0.2, 0) is 19.4 Å². The van der Waals surface area contributed by atoms with Gasteiger partial charge in [0.2, 0.25) is 0 Å². The van der Waals surface area contributed by atoms with Crippen molar-refractivity contribution >= 4 is 17.3 Å². The van der Waals surface area contributed by atoms with Crippen LogP contribution in [0.4, 0.5) is 0 Å². The van der Waals surface area contributed by atoms with Gasteiger partial charge in [0, 0.05) is 24.2 Å². The van der Waals surface area contributed by atoms with Crippen molar-refractivity contribution in [1.29, 1.82) is 0 Å². The number of aromatic hydroxyl groups is 1. The molecule has 0 unspecified atom stereocenters. The maximum atomic E-state index is 9.48. The molecule has 124 valence electrons. The van der Waals surface area contributed by atoms with Gasteiger partial charge in [-0.05, 0) is 37.5 Å². The molecule has 6 heteroatoms. The van der Waals surface area contributed by atoms with E-state index in [4.69, 9.17) is 0 Å². The fourth-order valence-corrected chi connectivity index (χ4v) is 2.90. The number of aryl methyl sites for hydroxylation is 1. The molecule has 1 aromatic heterocycles. The predicted molar refractivity (Wildman–Crippen MR) is 96.1 cm³/mol. The van der Waals surface area contributed by atoms with E-state index < -0.39 is 0 Å². The molecule has 23 heavy (non-hydrogen) atoms. The zero-order valence-corrected chi connectivity index (χ0v) is 14.5. The Hall–Kier alpha value is -2.08. The normalized spacial score (nSPS) is 11.5. The van der Waals surface area contributed by atoms with Crippen LogP contribution in [0, 0.1) is 0 Å². The second-order valence-corrected chi connectivity index (χ2v) is 6.32. The van der Waals surface area contributed by atoms with E-state index in [2.05, 4.69) is 27.5 Å². The number of thiazole rings is 1. The Bertz CT molecular complexity index is 639. The van der Waals surface area contributed by atoms with Gasteiger partial charge in [0.05, 0.1) is 6.54 Å². The lowest BCUT2D eigenvalue weighted by Crippen LogP contribution is -2.38. The Morgan fingerprint density at radius 3 is 2.87 bits per heavy atom. The van der Waals surface area contributed by atoms with Crippen LogP contribution in [0.5, 0.6) is 5.75 Å². The van der Waals surface area contributed by atoms with Crippen molar-refractivity contribution in [1.82, 2.24) is 15.6 Å². The quantitative estimate of drug-likeness (QED) is 0.539. The molecule has 0 atom stereocenters. The summed E-state index contributed by atoms with van der Waals surface area (Å²) in [4.78, 5) is 10.2. The van der Waals surface area contributed by atoms with Gasteiger partial charge < -0.3 is 15.7 Å². The third kappa shape index (κ3) is 5.90. The average molecular weight is 332 g/mol. The van der Waals surface area contributed by atoms with Crippen molar-refractivity contribution in [2.24, 2.45) is 4.99 Å². The second kappa shape index (κ2) is 9.15. The van der Waals surface area contributed by atoms with Crippen LogP contribution in [0.15, 0.2) is 35.5 Å². The number of phenolic OH excluding ortho intramolecular Hbond substituents is 1. The molecular formula is C17H24N4OS. The summed E-state index contributed by atoms with van der Waals surface area (Å²) in [7, 11) is 0. The monoisotopic (exact) mass is 332 g/mol. The molecule has 1 aromatic carbocycles. The van der Waals surface area contributed by atoms with Crippen molar-refractivity contribution < 1.29 is 5.11 Å². The molecule has 2 aromatic rings. The molecule has 3 N–H and O–H groups in total. The summed E-state index contributed by atoms with van der Waals surface area (Å²) in [6.07, 6.45) is 3.78. The summed E-state index contributed by atoms with van der Waals surface area (Å²) in [5.74, 6) is 1.10. The van der Waals surface area contributed by atoms with Crippen molar-refractivity contribution in [2.75, 3.05) is 13.1 Å². The van der Waals surface area contributed by atoms with Crippen LogP contribution in [-0.4, -0.2) is 29.1 Å². The summed E-state index contributed by atoms with van der Waals surface area (Å²) in [5, 5.41) is 17.1. The van der Waals surface area contributed by atoms with E-state index in [9.17, 15) is 5.11 Å². The topological polar surface area (TPSA) is 69.5 Å². The number of aromatic nitrogens is 1. The molecule has 5 nitrogen and oxygen atoms in total. The molecular weight excluding hydrogens is 308 g/mol. The Labute approximate surface area is 141 Å². The second-order valence-electron chi connectivity index (χ2n) is 5.12. The van der Waals surface area contributed by atoms with Crippen LogP contribution in [0.25, 0.3) is 0 Å². The van der Waals surface area contributed by atoms with Crippen molar-refractivity contribution in [3.8, 4) is 5.75 Å². The number of nitrogens with zero attached hydrogens (tertiary/aromatic N) is 2. The molecule has 2 rings (SSSR count). The maximum Gasteiger partial charge on any atom is 0.191 e. The van der Waals surface area contributed by atoms with Crippen LogP contribution in [0.1, 0.15) is 29.3 Å². The van der Waals surface area contributed by atoms with Crippen molar-refractivity contribution in [3.63, 3.8) is 0 Å². The lowest BCUT2D eigenvalue weighted by molar-refractivity contribution is 0.474. The average Bonchev–Trinajstić information content (AvgIpc) is 3.01. The van der Waals surface area contributed by atoms with Gasteiger partial charge in [0.25, 0.3) is 0 Å². The standard InChI is InChI=1S/C17H24N4OS/c1-3-15-11-20-16(23-15)12-21-17(18-4-2)19-9-8-13-6-5-7-14(22)10-13/h5-7,10-11,22H,3-4,8-9,12H2,1-2H3,(H2,18,19,21). The highest BCUT2D eigenvalue weighted by Crippen LogP contribution is 2.14. The highest BCUT2D eigenvalue weighted by atomic mass is 32.1. The highest BCUT2D eigenvalue weighted by molar-refractivity contribution is 7.11. The number of phenols is 1. The number of aliphatic imine (C=N–C) groups is 1. The van der Waals surface area contributed by atoms with Gasteiger partial charge in [-0.15, -0.1) is 11.3 Å². The lowest BCUT2D eigenvalue weighted by Gasteiger charge is -2.11. The molecule has 1 heterocycles. The minimum absolute atomic E-state index is 0.304. The highest BCUT2D eigenvalue weighted by Gasteiger charge is 2.02. The number of guanidine groups is 1. The predicted octanol–water partition coefficient (Wildman–Crippen LogP) is 2.71. The molecule has 0 radical (unpaired) electrons. The smallest absolute Gasteiger partial charge is 0.191 e. The molecule has 0 aliphatic heterocycles. The SMILES string of the molecule is CCNC(=NCc1ncc(CC)s1)NCCc1cccc(O)c1. The van der Waals surface area contributed by atoms with Gasteiger partial charge in [-0.1, -0.05) is 19.1 Å². The Morgan fingerprint density at radius 1 is 1.30 bits per heavy atom. The van der Waals surface area contributed by atoms with E-state index in [1.165, 1.54) is 4.88 Å². The minimum atomic E-state index is 0.304. The first-order valence-electron chi connectivity index (χ1n) is 7.95. The van der Waals surface area contributed by atoms with Gasteiger partial charge in [-0.25, -0.2) is 9.98 Å². The molecule has 0 spiro atoms. The van der Waals surface area contributed by atoms with Crippen LogP contribution in [0.3, 0.4) is 0 Å². The number of nitrogens with one attached hydrogen (secondary N) is 2. The zero-order valence-electron chi connectivity index (χ0n) is 13.7. The Morgan fingerprint density at radius 2 is 2.17 bits per heavy atom. The maximum absolute atomic E-state index is 9.48. The van der Waals surface area contributed by atoms with Gasteiger partial charge in [0.1, 0.15) is 10.8 Å². The number of hydrogen-bond donors (Lipinski definition) is 3. The van der Waals surface area contributed by atoms with E-state index in [-0.39, 0.29) is 0 Å². The van der Waals surface area contributed by atoms with Gasteiger partial charge in [-0.3, -0.25) is 0 Å². The van der Waals surface area contributed by atoms with Gasteiger partial charge >= 0.3 is 0 Å². The summed E-state index contributed by atoms with van der Waals surface area (Å²) < 4.78 is 0. The van der Waals surface area contributed by atoms with Crippen molar-refractivity contribution in [2.45, 2.75) is 33.2 Å². The first-order valence-corrected chi connectivity index (χ1v) is 8.76. The number of hydrogen-bond acceptors (Lipinski definition) is 4. The Kier molecular flexibility index (Phi) is 6.87. The molecule has 0 fully saturated rings. The lowest BCUT2D eigenvalue weighted by atomic mass is 10.1. The van der Waals surface area contributed by atoms with E-state index in [0.29, 0.717) is 12.3 Å². The number of rotatable bonds is 7. The molecule has 0 saturated carbocycles. The fourth-order valence-electron chi connectivity index (χ4n) is 2.11. The summed E-state index contributed by atoms with van der Waals surface area (Å²) in [5.41, 5.74) is 1.10. The third-order valence-corrected chi connectivity index (χ3v) is 4.41. The van der Waals surface area contributed by atoms with Crippen molar-refractivity contribution in [3.05, 3.63) is 45.9 Å². The van der Waals surface area contributed by atoms with Gasteiger partial charge in [-0.2, -0.15) is 0 Å². The molecule has 0 bridgehead atoms. The zero-order chi connectivity index (χ0) is 16.5. The van der Waals surface area contributed by atoms with E-state index >= 15 is 0 Å². The van der Waals surface area contributed by atoms with Crippen LogP contribution < -0.4 is 10.6 Å². The van der Waals surface area contributed by atoms with E-state index in [0.717, 1.165) is 42.5 Å². The molecule has 0 aliphatic carbocycles. The minimum Gasteiger partial charge on any atom is -0.508 e. The first-order chi connectivity index (χ1) is 11.2. The fraction of sp³-hybridized carbons (Fsp3) is 0.412. The van der Waals surface area contributed by atoms with Crippen LogP contribution >= 0.6 is 11.3 Å². The first kappa shape index (κ1) is 17.3. The third-order valence-electron chi connectivity index (χ3n) is 3.28. The van der Waals surface area contributed by atoms with Gasteiger partial charge in [0.15, 0.2) is 5.96 Å². The molecule has 0 amide bonds. The largest absolute Gasteiger partial charge is 0.508 e. The summed E-state index contributed by atoms with van der Waals surface area (Å²) >= 11 is 1.71. The molecule has 0 aliphatic rings. The molecule has 0 saturated heterocycles. The summed E-state index contributed by atoms with van der Waals surface area (Å²) in [6.45, 7) is 6.34.